The summed E-state index contributed by atoms with van der Waals surface area (Å²) in [5.41, 5.74) is 0.559. The molecule has 29 heavy (non-hydrogen) atoms. The van der Waals surface area contributed by atoms with Crippen molar-refractivity contribution in [3.8, 4) is 0 Å². The highest BCUT2D eigenvalue weighted by molar-refractivity contribution is 7.18. The topological polar surface area (TPSA) is 88.3 Å². The molecular weight excluding hydrogens is 388 g/mol. The SMILES string of the molecule is Cc1sc2ncn(CC3(O)CCN(C(=O)Cc4ccccn4)CC3)c(=O)c2c1C. The molecule has 0 bridgehead atoms. The number of amides is 1. The molecule has 7 nitrogen and oxygen atoms in total. The van der Waals surface area contributed by atoms with E-state index in [0.29, 0.717) is 31.3 Å². The van der Waals surface area contributed by atoms with Crippen LogP contribution in [-0.4, -0.2) is 49.1 Å². The Hall–Kier alpha value is -2.58. The van der Waals surface area contributed by atoms with Crippen LogP contribution in [0.2, 0.25) is 0 Å². The van der Waals surface area contributed by atoms with E-state index in [0.717, 1.165) is 21.0 Å². The summed E-state index contributed by atoms with van der Waals surface area (Å²) in [4.78, 5) is 37.6. The van der Waals surface area contributed by atoms with E-state index >= 15 is 0 Å². The number of fused-ring (bicyclic) bond motifs is 1. The first-order valence-electron chi connectivity index (χ1n) is 9.71. The van der Waals surface area contributed by atoms with E-state index in [1.54, 1.807) is 11.1 Å². The van der Waals surface area contributed by atoms with Crippen LogP contribution in [0.15, 0.2) is 35.5 Å². The number of pyridine rings is 1. The van der Waals surface area contributed by atoms with Crippen LogP contribution in [0.4, 0.5) is 0 Å². The lowest BCUT2D eigenvalue weighted by Gasteiger charge is -2.38. The first-order valence-corrected chi connectivity index (χ1v) is 10.5. The third-order valence-electron chi connectivity index (χ3n) is 5.73. The van der Waals surface area contributed by atoms with Gasteiger partial charge < -0.3 is 10.0 Å². The van der Waals surface area contributed by atoms with Gasteiger partial charge in [0.05, 0.1) is 30.3 Å². The molecule has 3 aromatic rings. The molecule has 0 spiro atoms. The second kappa shape index (κ2) is 7.68. The number of likely N-dealkylation sites (tertiary alicyclic amines) is 1. The Labute approximate surface area is 172 Å². The number of carbonyl (C=O) groups is 1. The second-order valence-electron chi connectivity index (χ2n) is 7.74. The molecule has 1 fully saturated rings. The number of thiophene rings is 1. The van der Waals surface area contributed by atoms with Gasteiger partial charge in [0.2, 0.25) is 5.91 Å². The number of aromatic nitrogens is 3. The van der Waals surface area contributed by atoms with Crippen LogP contribution in [0.1, 0.15) is 29.0 Å². The van der Waals surface area contributed by atoms with Crippen molar-refractivity contribution >= 4 is 27.5 Å². The first kappa shape index (κ1) is 19.7. The van der Waals surface area contributed by atoms with Crippen molar-refractivity contribution in [2.45, 2.75) is 45.3 Å². The molecule has 4 rings (SSSR count). The lowest BCUT2D eigenvalue weighted by atomic mass is 9.91. The molecule has 0 aromatic carbocycles. The fourth-order valence-corrected chi connectivity index (χ4v) is 4.79. The molecule has 1 amide bonds. The normalized spacial score (nSPS) is 16.3. The minimum Gasteiger partial charge on any atom is -0.388 e. The van der Waals surface area contributed by atoms with Crippen molar-refractivity contribution in [2.75, 3.05) is 13.1 Å². The zero-order chi connectivity index (χ0) is 20.6. The highest BCUT2D eigenvalue weighted by Gasteiger charge is 2.34. The van der Waals surface area contributed by atoms with Crippen molar-refractivity contribution in [1.29, 1.82) is 0 Å². The summed E-state index contributed by atoms with van der Waals surface area (Å²) in [7, 11) is 0. The molecule has 1 saturated heterocycles. The Bertz CT molecular complexity index is 1100. The van der Waals surface area contributed by atoms with Crippen molar-refractivity contribution in [3.05, 3.63) is 57.2 Å². The molecule has 1 aliphatic rings. The van der Waals surface area contributed by atoms with Gasteiger partial charge in [-0.3, -0.25) is 19.1 Å². The van der Waals surface area contributed by atoms with Crippen LogP contribution in [-0.2, 0) is 17.8 Å². The largest absolute Gasteiger partial charge is 0.388 e. The summed E-state index contributed by atoms with van der Waals surface area (Å²) >= 11 is 1.51. The average molecular weight is 413 g/mol. The van der Waals surface area contributed by atoms with E-state index in [9.17, 15) is 14.7 Å². The minimum absolute atomic E-state index is 0.00961. The minimum atomic E-state index is -1.03. The van der Waals surface area contributed by atoms with Gasteiger partial charge in [-0.15, -0.1) is 11.3 Å². The molecule has 0 aliphatic carbocycles. The Morgan fingerprint density at radius 1 is 1.24 bits per heavy atom. The lowest BCUT2D eigenvalue weighted by molar-refractivity contribution is -0.135. The summed E-state index contributed by atoms with van der Waals surface area (Å²) in [6.07, 6.45) is 4.31. The molecule has 0 radical (unpaired) electrons. The maximum atomic E-state index is 12.9. The number of rotatable bonds is 4. The van der Waals surface area contributed by atoms with Crippen molar-refractivity contribution in [2.24, 2.45) is 0 Å². The molecule has 1 aliphatic heterocycles. The molecule has 4 heterocycles. The quantitative estimate of drug-likeness (QED) is 0.709. The number of aliphatic hydroxyl groups is 1. The molecule has 0 unspecified atom stereocenters. The van der Waals surface area contributed by atoms with Gasteiger partial charge in [0, 0.05) is 29.9 Å². The fraction of sp³-hybridized carbons (Fsp3) is 0.429. The molecule has 152 valence electrons. The first-order chi connectivity index (χ1) is 13.9. The predicted octanol–water partition coefficient (Wildman–Crippen LogP) is 2.07. The van der Waals surface area contributed by atoms with E-state index in [4.69, 9.17) is 0 Å². The van der Waals surface area contributed by atoms with Gasteiger partial charge in [-0.1, -0.05) is 6.07 Å². The van der Waals surface area contributed by atoms with Gasteiger partial charge in [-0.25, -0.2) is 4.98 Å². The molecule has 8 heteroatoms. The van der Waals surface area contributed by atoms with Gasteiger partial charge in [0.1, 0.15) is 4.83 Å². The van der Waals surface area contributed by atoms with Crippen LogP contribution in [0.3, 0.4) is 0 Å². The summed E-state index contributed by atoms with van der Waals surface area (Å²) in [6.45, 7) is 5.02. The van der Waals surface area contributed by atoms with Crippen LogP contribution in [0.5, 0.6) is 0 Å². The van der Waals surface area contributed by atoms with Gasteiger partial charge in [0.25, 0.3) is 5.56 Å². The Morgan fingerprint density at radius 2 is 2.00 bits per heavy atom. The third-order valence-corrected chi connectivity index (χ3v) is 6.84. The number of hydrogen-bond acceptors (Lipinski definition) is 6. The standard InChI is InChI=1S/C21H24N4O3S/c1-14-15(2)29-19-18(14)20(27)25(13-23-19)12-21(28)6-9-24(10-7-21)17(26)11-16-5-3-4-8-22-16/h3-5,8,13,28H,6-7,9-12H2,1-2H3. The van der Waals surface area contributed by atoms with E-state index < -0.39 is 5.60 Å². The van der Waals surface area contributed by atoms with Crippen LogP contribution in [0.25, 0.3) is 10.2 Å². The van der Waals surface area contributed by atoms with Crippen molar-refractivity contribution < 1.29 is 9.90 Å². The van der Waals surface area contributed by atoms with E-state index in [1.165, 1.54) is 22.2 Å². The van der Waals surface area contributed by atoms with Crippen LogP contribution < -0.4 is 5.56 Å². The number of hydrogen-bond donors (Lipinski definition) is 1. The molecule has 0 saturated carbocycles. The Balaban J connectivity index is 1.44. The molecule has 3 aromatic heterocycles. The summed E-state index contributed by atoms with van der Waals surface area (Å²) < 4.78 is 1.51. The number of nitrogens with zero attached hydrogens (tertiary/aromatic N) is 4. The van der Waals surface area contributed by atoms with Gasteiger partial charge in [-0.05, 0) is 44.4 Å². The van der Waals surface area contributed by atoms with Gasteiger partial charge in [-0.2, -0.15) is 0 Å². The van der Waals surface area contributed by atoms with Gasteiger partial charge in [0.15, 0.2) is 0 Å². The summed E-state index contributed by atoms with van der Waals surface area (Å²) in [6, 6.07) is 5.52. The average Bonchev–Trinajstić information content (AvgIpc) is 3.00. The molecule has 1 N–H and O–H groups in total. The van der Waals surface area contributed by atoms with Crippen molar-refractivity contribution in [1.82, 2.24) is 19.4 Å². The number of carbonyl (C=O) groups excluding carboxylic acids is 1. The zero-order valence-corrected chi connectivity index (χ0v) is 17.4. The Morgan fingerprint density at radius 3 is 2.69 bits per heavy atom. The van der Waals surface area contributed by atoms with Gasteiger partial charge >= 0.3 is 0 Å². The number of aryl methyl sites for hydroxylation is 2. The highest BCUT2D eigenvalue weighted by Crippen LogP contribution is 2.27. The highest BCUT2D eigenvalue weighted by atomic mass is 32.1. The maximum absolute atomic E-state index is 12.9. The monoisotopic (exact) mass is 412 g/mol. The number of piperidine rings is 1. The third kappa shape index (κ3) is 3.95. The van der Waals surface area contributed by atoms with E-state index in [1.807, 2.05) is 32.0 Å². The summed E-state index contributed by atoms with van der Waals surface area (Å²) in [5.74, 6) is 0.00961. The maximum Gasteiger partial charge on any atom is 0.262 e. The molecular formula is C21H24N4O3S. The molecule has 0 atom stereocenters. The van der Waals surface area contributed by atoms with Crippen LogP contribution in [0, 0.1) is 13.8 Å². The van der Waals surface area contributed by atoms with Crippen molar-refractivity contribution in [3.63, 3.8) is 0 Å². The Kier molecular flexibility index (Phi) is 5.23. The smallest absolute Gasteiger partial charge is 0.262 e. The van der Waals surface area contributed by atoms with E-state index in [2.05, 4.69) is 9.97 Å². The zero-order valence-electron chi connectivity index (χ0n) is 16.6. The van der Waals surface area contributed by atoms with E-state index in [-0.39, 0.29) is 24.4 Å². The second-order valence-corrected chi connectivity index (χ2v) is 8.95. The van der Waals surface area contributed by atoms with Crippen LogP contribution >= 0.6 is 11.3 Å². The fourth-order valence-electron chi connectivity index (χ4n) is 3.80. The summed E-state index contributed by atoms with van der Waals surface area (Å²) in [5, 5.41) is 11.7. The predicted molar refractivity (Wildman–Crippen MR) is 112 cm³/mol. The lowest BCUT2D eigenvalue weighted by Crippen LogP contribution is -2.50.